The van der Waals surface area contributed by atoms with Crippen molar-refractivity contribution in [2.24, 2.45) is 11.0 Å². The molecular formula is C9H13N3O2S. The van der Waals surface area contributed by atoms with E-state index in [1.807, 2.05) is 6.92 Å². The summed E-state index contributed by atoms with van der Waals surface area (Å²) in [6, 6.07) is 0. The lowest BCUT2D eigenvalue weighted by Crippen LogP contribution is -2.57. The second-order valence-electron chi connectivity index (χ2n) is 3.62. The molecule has 0 aliphatic carbocycles. The molecule has 0 aromatic carbocycles. The minimum Gasteiger partial charge on any atom is -0.311 e. The molecule has 0 spiro atoms. The number of thioether (sulfide) groups is 1. The van der Waals surface area contributed by atoms with Crippen LogP contribution in [0, 0.1) is 5.92 Å². The minimum atomic E-state index is -0.594. The van der Waals surface area contributed by atoms with Crippen LogP contribution in [0.25, 0.3) is 0 Å². The van der Waals surface area contributed by atoms with E-state index in [-0.39, 0.29) is 17.3 Å². The van der Waals surface area contributed by atoms with Crippen molar-refractivity contribution in [3.8, 4) is 0 Å². The summed E-state index contributed by atoms with van der Waals surface area (Å²) in [6.07, 6.45) is 0.886. The van der Waals surface area contributed by atoms with Crippen molar-refractivity contribution < 1.29 is 9.59 Å². The van der Waals surface area contributed by atoms with Gasteiger partial charge in [-0.1, -0.05) is 18.7 Å². The van der Waals surface area contributed by atoms with E-state index in [1.165, 1.54) is 16.8 Å². The van der Waals surface area contributed by atoms with Gasteiger partial charge in [0.05, 0.1) is 5.55 Å². The van der Waals surface area contributed by atoms with E-state index in [9.17, 15) is 9.59 Å². The molecule has 2 aliphatic rings. The summed E-state index contributed by atoms with van der Waals surface area (Å²) in [4.78, 5) is 25.3. The van der Waals surface area contributed by atoms with Crippen LogP contribution in [0.1, 0.15) is 20.3 Å². The number of nitrogens with zero attached hydrogens (tertiary/aromatic N) is 3. The molecule has 2 amide bonds. The maximum atomic E-state index is 11.9. The zero-order chi connectivity index (χ0) is 11.0. The first-order valence-electron chi connectivity index (χ1n) is 4.98. The van der Waals surface area contributed by atoms with Gasteiger partial charge >= 0.3 is 0 Å². The number of fused-ring (bicyclic) bond motifs is 1. The van der Waals surface area contributed by atoms with Crippen molar-refractivity contribution in [3.63, 3.8) is 0 Å². The van der Waals surface area contributed by atoms with Crippen LogP contribution in [0.5, 0.6) is 0 Å². The molecule has 82 valence electrons. The molecule has 6 heteroatoms. The summed E-state index contributed by atoms with van der Waals surface area (Å²) in [5, 5.41) is 5.39. The lowest BCUT2D eigenvalue weighted by Gasteiger charge is -2.39. The Balaban J connectivity index is 2.25. The maximum absolute atomic E-state index is 11.9. The van der Waals surface area contributed by atoms with Gasteiger partial charge in [-0.25, -0.2) is 0 Å². The molecule has 0 aromatic rings. The largest absolute Gasteiger partial charge is 0.311 e. The van der Waals surface area contributed by atoms with Crippen molar-refractivity contribution in [2.45, 2.75) is 25.8 Å². The highest BCUT2D eigenvalue weighted by Crippen LogP contribution is 2.31. The summed E-state index contributed by atoms with van der Waals surface area (Å²) in [7, 11) is 0. The first-order chi connectivity index (χ1) is 7.16. The van der Waals surface area contributed by atoms with Crippen LogP contribution in [0.15, 0.2) is 5.10 Å². The van der Waals surface area contributed by atoms with Gasteiger partial charge in [0, 0.05) is 6.54 Å². The van der Waals surface area contributed by atoms with Gasteiger partial charge in [0.25, 0.3) is 5.91 Å². The number of hydrazone groups is 1. The quantitative estimate of drug-likeness (QED) is 0.652. The van der Waals surface area contributed by atoms with E-state index in [0.29, 0.717) is 6.54 Å². The third kappa shape index (κ3) is 1.52. The summed E-state index contributed by atoms with van der Waals surface area (Å²) < 4.78 is 0. The smallest absolute Gasteiger partial charge is 0.257 e. The third-order valence-electron chi connectivity index (χ3n) is 2.54. The predicted molar refractivity (Wildman–Crippen MR) is 57.9 cm³/mol. The zero-order valence-corrected chi connectivity index (χ0v) is 9.53. The van der Waals surface area contributed by atoms with Crippen LogP contribution in [0.3, 0.4) is 0 Å². The molecule has 1 fully saturated rings. The molecule has 5 nitrogen and oxygen atoms in total. The normalized spacial score (nSPS) is 30.0. The minimum absolute atomic E-state index is 0.0823. The molecule has 15 heavy (non-hydrogen) atoms. The maximum Gasteiger partial charge on any atom is 0.257 e. The molecule has 2 atom stereocenters. The van der Waals surface area contributed by atoms with Gasteiger partial charge in [-0.2, -0.15) is 10.1 Å². The Hall–Kier alpha value is -1.04. The molecule has 0 radical (unpaired) electrons. The Morgan fingerprint density at radius 3 is 2.87 bits per heavy atom. The van der Waals surface area contributed by atoms with Crippen LogP contribution >= 0.6 is 11.8 Å². The van der Waals surface area contributed by atoms with Crippen LogP contribution in [0.4, 0.5) is 0 Å². The molecule has 2 aliphatic heterocycles. The monoisotopic (exact) mass is 227 g/mol. The Bertz CT molecular complexity index is 331. The van der Waals surface area contributed by atoms with Crippen molar-refractivity contribution in [1.82, 2.24) is 9.91 Å². The average Bonchev–Trinajstić information content (AvgIpc) is 2.70. The van der Waals surface area contributed by atoms with E-state index in [0.717, 1.165) is 6.42 Å². The zero-order valence-electron chi connectivity index (χ0n) is 8.71. The Morgan fingerprint density at radius 2 is 2.20 bits per heavy atom. The molecule has 1 saturated heterocycles. The number of amides is 2. The highest BCUT2D eigenvalue weighted by atomic mass is 32.2. The Morgan fingerprint density at radius 1 is 1.47 bits per heavy atom. The topological polar surface area (TPSA) is 53.0 Å². The Labute approximate surface area is 92.5 Å². The third-order valence-corrected chi connectivity index (χ3v) is 3.46. The second-order valence-corrected chi connectivity index (χ2v) is 4.52. The number of hydrogen-bond donors (Lipinski definition) is 0. The number of hydrogen-bond acceptors (Lipinski definition) is 4. The van der Waals surface area contributed by atoms with Gasteiger partial charge in [-0.05, 0) is 13.3 Å². The van der Waals surface area contributed by atoms with E-state index < -0.39 is 5.92 Å². The fraction of sp³-hybridized carbons (Fsp3) is 0.667. The Kier molecular flexibility index (Phi) is 2.68. The number of carbonyl (C=O) groups is 2. The van der Waals surface area contributed by atoms with Crippen molar-refractivity contribution >= 4 is 29.1 Å². The van der Waals surface area contributed by atoms with E-state index in [2.05, 4.69) is 5.10 Å². The van der Waals surface area contributed by atoms with Gasteiger partial charge in [-0.15, -0.1) is 0 Å². The summed E-state index contributed by atoms with van der Waals surface area (Å²) in [6.45, 7) is 4.33. The fourth-order valence-electron chi connectivity index (χ4n) is 1.74. The van der Waals surface area contributed by atoms with E-state index >= 15 is 0 Å². The van der Waals surface area contributed by atoms with E-state index in [4.69, 9.17) is 0 Å². The van der Waals surface area contributed by atoms with Gasteiger partial charge in [-0.3, -0.25) is 9.59 Å². The van der Waals surface area contributed by atoms with E-state index in [1.54, 1.807) is 17.4 Å². The second kappa shape index (κ2) is 3.84. The van der Waals surface area contributed by atoms with Crippen LogP contribution in [-0.2, 0) is 9.59 Å². The molecule has 0 bridgehead atoms. The molecule has 0 N–H and O–H groups in total. The number of carbonyl (C=O) groups excluding carboxylic acids is 2. The number of rotatable bonds is 2. The summed E-state index contributed by atoms with van der Waals surface area (Å²) in [5.41, 5.74) is 1.37. The average molecular weight is 227 g/mol. The highest BCUT2D eigenvalue weighted by molar-refractivity contribution is 8.12. The first-order valence-corrected chi connectivity index (χ1v) is 5.92. The van der Waals surface area contributed by atoms with Crippen LogP contribution < -0.4 is 0 Å². The molecule has 0 aromatic heterocycles. The lowest BCUT2D eigenvalue weighted by atomic mass is 10.1. The molecule has 2 heterocycles. The fourth-order valence-corrected chi connectivity index (χ4v) is 2.64. The molecule has 2 unspecified atom stereocenters. The lowest BCUT2D eigenvalue weighted by molar-refractivity contribution is -0.159. The standard InChI is InChI=1S/C9H13N3O2S/c1-3-4-11-7(13)6(2)8(14)12-9(11)15-5-10-12/h5-6,9H,3-4H2,1-2H3. The van der Waals surface area contributed by atoms with Gasteiger partial charge < -0.3 is 4.90 Å². The SMILES string of the molecule is CCCN1C(=O)C(C)C(=O)N2N=CSC12. The van der Waals surface area contributed by atoms with Crippen LogP contribution in [-0.4, -0.2) is 39.3 Å². The van der Waals surface area contributed by atoms with Crippen molar-refractivity contribution in [2.75, 3.05) is 6.54 Å². The van der Waals surface area contributed by atoms with Crippen molar-refractivity contribution in [1.29, 1.82) is 0 Å². The van der Waals surface area contributed by atoms with Crippen LogP contribution in [0.2, 0.25) is 0 Å². The van der Waals surface area contributed by atoms with Gasteiger partial charge in [0.2, 0.25) is 5.91 Å². The van der Waals surface area contributed by atoms with Crippen molar-refractivity contribution in [3.05, 3.63) is 0 Å². The predicted octanol–water partition coefficient (Wildman–Crippen LogP) is 0.677. The van der Waals surface area contributed by atoms with Gasteiger partial charge in [0.15, 0.2) is 5.50 Å². The molecular weight excluding hydrogens is 214 g/mol. The molecule has 2 rings (SSSR count). The highest BCUT2D eigenvalue weighted by Gasteiger charge is 2.45. The summed E-state index contributed by atoms with van der Waals surface area (Å²) in [5.74, 6) is -0.872. The first kappa shape index (κ1) is 10.5. The van der Waals surface area contributed by atoms with Gasteiger partial charge in [0.1, 0.15) is 5.92 Å². The summed E-state index contributed by atoms with van der Waals surface area (Å²) >= 11 is 1.40. The molecule has 0 saturated carbocycles.